The van der Waals surface area contributed by atoms with Crippen molar-refractivity contribution in [2.45, 2.75) is 38.8 Å². The second-order valence-electron chi connectivity index (χ2n) is 6.98. The molecule has 0 spiro atoms. The maximum absolute atomic E-state index is 12.8. The summed E-state index contributed by atoms with van der Waals surface area (Å²) in [6.45, 7) is 8.00. The number of carbonyl (C=O) groups is 2. The second kappa shape index (κ2) is 9.48. The standard InChI is InChI=1S/C19H29N3O3S/c1-2-25-19(24)17-7-3-4-8-22(17)18(23)15-21-11-9-20(10-12-21)14-16-6-5-13-26-16/h5-6,13,17H,2-4,7-12,14-15H2,1H3. The smallest absolute Gasteiger partial charge is 0.328 e. The van der Waals surface area contributed by atoms with Gasteiger partial charge in [0.2, 0.25) is 5.91 Å². The van der Waals surface area contributed by atoms with Crippen molar-refractivity contribution in [3.63, 3.8) is 0 Å². The number of carbonyl (C=O) groups excluding carboxylic acids is 2. The minimum atomic E-state index is -0.392. The van der Waals surface area contributed by atoms with E-state index in [9.17, 15) is 9.59 Å². The number of amides is 1. The Morgan fingerprint density at radius 3 is 2.62 bits per heavy atom. The minimum absolute atomic E-state index is 0.0643. The van der Waals surface area contributed by atoms with Gasteiger partial charge in [-0.3, -0.25) is 14.6 Å². The molecule has 1 atom stereocenters. The molecule has 0 aromatic carbocycles. The Labute approximate surface area is 159 Å². The Balaban J connectivity index is 1.47. The Bertz CT molecular complexity index is 585. The van der Waals surface area contributed by atoms with E-state index in [1.165, 1.54) is 4.88 Å². The summed E-state index contributed by atoms with van der Waals surface area (Å²) < 4.78 is 5.16. The van der Waals surface area contributed by atoms with Gasteiger partial charge in [-0.25, -0.2) is 4.79 Å². The zero-order chi connectivity index (χ0) is 18.4. The molecule has 2 aliphatic rings. The molecule has 0 aliphatic carbocycles. The first-order chi connectivity index (χ1) is 12.7. The summed E-state index contributed by atoms with van der Waals surface area (Å²) in [5, 5.41) is 2.11. The lowest BCUT2D eigenvalue weighted by Crippen LogP contribution is -2.54. The molecule has 2 saturated heterocycles. The van der Waals surface area contributed by atoms with Gasteiger partial charge in [-0.05, 0) is 37.6 Å². The van der Waals surface area contributed by atoms with Crippen molar-refractivity contribution in [3.8, 4) is 0 Å². The van der Waals surface area contributed by atoms with E-state index < -0.39 is 6.04 Å². The Morgan fingerprint density at radius 1 is 1.15 bits per heavy atom. The highest BCUT2D eigenvalue weighted by atomic mass is 32.1. The van der Waals surface area contributed by atoms with Crippen molar-refractivity contribution in [1.29, 1.82) is 0 Å². The Hall–Kier alpha value is -1.44. The van der Waals surface area contributed by atoms with E-state index in [0.29, 0.717) is 19.7 Å². The molecular formula is C19H29N3O3S. The molecule has 1 amide bonds. The van der Waals surface area contributed by atoms with Gasteiger partial charge in [-0.1, -0.05) is 6.07 Å². The largest absolute Gasteiger partial charge is 0.464 e. The van der Waals surface area contributed by atoms with Gasteiger partial charge in [0.1, 0.15) is 6.04 Å². The average molecular weight is 380 g/mol. The van der Waals surface area contributed by atoms with Crippen LogP contribution in [0.5, 0.6) is 0 Å². The van der Waals surface area contributed by atoms with Crippen molar-refractivity contribution in [2.24, 2.45) is 0 Å². The number of piperazine rings is 1. The van der Waals surface area contributed by atoms with Crippen molar-refractivity contribution in [2.75, 3.05) is 45.9 Å². The zero-order valence-corrected chi connectivity index (χ0v) is 16.4. The molecule has 6 nitrogen and oxygen atoms in total. The van der Waals surface area contributed by atoms with Gasteiger partial charge in [-0.15, -0.1) is 11.3 Å². The third-order valence-corrected chi connectivity index (χ3v) is 6.03. The summed E-state index contributed by atoms with van der Waals surface area (Å²) in [7, 11) is 0. The lowest BCUT2D eigenvalue weighted by molar-refractivity contribution is -0.157. The summed E-state index contributed by atoms with van der Waals surface area (Å²) in [5.74, 6) is -0.184. The number of esters is 1. The average Bonchev–Trinajstić information content (AvgIpc) is 3.16. The van der Waals surface area contributed by atoms with Gasteiger partial charge in [-0.2, -0.15) is 0 Å². The molecular weight excluding hydrogens is 350 g/mol. The fraction of sp³-hybridized carbons (Fsp3) is 0.684. The number of rotatable bonds is 6. The van der Waals surface area contributed by atoms with Crippen LogP contribution < -0.4 is 0 Å². The highest BCUT2D eigenvalue weighted by molar-refractivity contribution is 7.09. The molecule has 3 heterocycles. The van der Waals surface area contributed by atoms with Gasteiger partial charge in [0, 0.05) is 44.1 Å². The second-order valence-corrected chi connectivity index (χ2v) is 8.01. The van der Waals surface area contributed by atoms with E-state index in [4.69, 9.17) is 4.74 Å². The first-order valence-electron chi connectivity index (χ1n) is 9.60. The molecule has 0 N–H and O–H groups in total. The molecule has 1 aromatic heterocycles. The van der Waals surface area contributed by atoms with E-state index in [1.807, 2.05) is 6.92 Å². The molecule has 2 fully saturated rings. The summed E-state index contributed by atoms with van der Waals surface area (Å²) in [6, 6.07) is 3.87. The first kappa shape index (κ1) is 19.3. The quantitative estimate of drug-likeness (QED) is 0.706. The molecule has 144 valence electrons. The maximum atomic E-state index is 12.8. The minimum Gasteiger partial charge on any atom is -0.464 e. The van der Waals surface area contributed by atoms with Gasteiger partial charge < -0.3 is 9.64 Å². The summed E-state index contributed by atoms with van der Waals surface area (Å²) >= 11 is 1.79. The molecule has 26 heavy (non-hydrogen) atoms. The predicted molar refractivity (Wildman–Crippen MR) is 102 cm³/mol. The maximum Gasteiger partial charge on any atom is 0.328 e. The van der Waals surface area contributed by atoms with E-state index in [1.54, 1.807) is 16.2 Å². The Morgan fingerprint density at radius 2 is 1.92 bits per heavy atom. The van der Waals surface area contributed by atoms with Crippen LogP contribution in [0.2, 0.25) is 0 Å². The fourth-order valence-corrected chi connectivity index (χ4v) is 4.47. The van der Waals surface area contributed by atoms with Crippen LogP contribution >= 0.6 is 11.3 Å². The molecule has 2 aliphatic heterocycles. The third kappa shape index (κ3) is 5.05. The summed E-state index contributed by atoms with van der Waals surface area (Å²) in [5.41, 5.74) is 0. The van der Waals surface area contributed by atoms with Crippen LogP contribution in [0.15, 0.2) is 17.5 Å². The third-order valence-electron chi connectivity index (χ3n) is 5.17. The fourth-order valence-electron chi connectivity index (χ4n) is 3.72. The molecule has 0 bridgehead atoms. The summed E-state index contributed by atoms with van der Waals surface area (Å²) in [4.78, 5) is 32.7. The van der Waals surface area contributed by atoms with Crippen LogP contribution in [0.25, 0.3) is 0 Å². The van der Waals surface area contributed by atoms with Crippen molar-refractivity contribution in [3.05, 3.63) is 22.4 Å². The van der Waals surface area contributed by atoms with Crippen LogP contribution in [-0.2, 0) is 20.9 Å². The zero-order valence-electron chi connectivity index (χ0n) is 15.6. The number of hydrogen-bond acceptors (Lipinski definition) is 6. The van der Waals surface area contributed by atoms with E-state index in [-0.39, 0.29) is 11.9 Å². The van der Waals surface area contributed by atoms with Crippen LogP contribution in [0.1, 0.15) is 31.1 Å². The number of likely N-dealkylation sites (tertiary alicyclic amines) is 1. The van der Waals surface area contributed by atoms with Gasteiger partial charge in [0.15, 0.2) is 0 Å². The molecule has 0 radical (unpaired) electrons. The lowest BCUT2D eigenvalue weighted by atomic mass is 10.0. The first-order valence-corrected chi connectivity index (χ1v) is 10.5. The van der Waals surface area contributed by atoms with Crippen molar-refractivity contribution < 1.29 is 14.3 Å². The SMILES string of the molecule is CCOC(=O)C1CCCCN1C(=O)CN1CCN(Cc2cccs2)CC1. The number of hydrogen-bond donors (Lipinski definition) is 0. The van der Waals surface area contributed by atoms with Crippen LogP contribution in [-0.4, -0.2) is 78.5 Å². The van der Waals surface area contributed by atoms with E-state index in [0.717, 1.165) is 52.0 Å². The van der Waals surface area contributed by atoms with Crippen LogP contribution in [0.3, 0.4) is 0 Å². The summed E-state index contributed by atoms with van der Waals surface area (Å²) in [6.07, 6.45) is 2.67. The van der Waals surface area contributed by atoms with E-state index >= 15 is 0 Å². The molecule has 1 aromatic rings. The highest BCUT2D eigenvalue weighted by Crippen LogP contribution is 2.19. The normalized spacial score (nSPS) is 22.3. The molecule has 1 unspecified atom stereocenters. The topological polar surface area (TPSA) is 53.1 Å². The van der Waals surface area contributed by atoms with Crippen molar-refractivity contribution in [1.82, 2.24) is 14.7 Å². The monoisotopic (exact) mass is 379 g/mol. The lowest BCUT2D eigenvalue weighted by Gasteiger charge is -2.38. The van der Waals surface area contributed by atoms with E-state index in [2.05, 4.69) is 27.3 Å². The Kier molecular flexibility index (Phi) is 7.05. The predicted octanol–water partition coefficient (Wildman–Crippen LogP) is 1.81. The molecule has 0 saturated carbocycles. The van der Waals surface area contributed by atoms with Crippen molar-refractivity contribution >= 4 is 23.2 Å². The van der Waals surface area contributed by atoms with Gasteiger partial charge in [0.05, 0.1) is 13.2 Å². The van der Waals surface area contributed by atoms with Gasteiger partial charge in [0.25, 0.3) is 0 Å². The van der Waals surface area contributed by atoms with Gasteiger partial charge >= 0.3 is 5.97 Å². The van der Waals surface area contributed by atoms with Crippen LogP contribution in [0, 0.1) is 0 Å². The molecule has 3 rings (SSSR count). The number of piperidine rings is 1. The highest BCUT2D eigenvalue weighted by Gasteiger charge is 2.34. The number of thiophene rings is 1. The van der Waals surface area contributed by atoms with Crippen LogP contribution in [0.4, 0.5) is 0 Å². The number of ether oxygens (including phenoxy) is 1. The number of nitrogens with zero attached hydrogens (tertiary/aromatic N) is 3. The molecule has 7 heteroatoms.